The summed E-state index contributed by atoms with van der Waals surface area (Å²) in [5.41, 5.74) is -0.273. The summed E-state index contributed by atoms with van der Waals surface area (Å²) in [6.45, 7) is 14.0. The number of aliphatic hydroxyl groups is 1. The molecule has 0 radical (unpaired) electrons. The van der Waals surface area contributed by atoms with Crippen LogP contribution in [0.25, 0.3) is 0 Å². The van der Waals surface area contributed by atoms with E-state index in [1.54, 1.807) is 0 Å². The first-order valence-electron chi connectivity index (χ1n) is 7.90. The SMILES string of the molecule is CCC(CO)(CCCN1CC(C)(C)OC(C)(C)C1)NC. The molecule has 0 aromatic heterocycles. The molecule has 0 bridgehead atoms. The van der Waals surface area contributed by atoms with Crippen LogP contribution in [0.5, 0.6) is 0 Å². The lowest BCUT2D eigenvalue weighted by molar-refractivity contribution is -0.180. The molecule has 1 heterocycles. The summed E-state index contributed by atoms with van der Waals surface area (Å²) in [6.07, 6.45) is 3.07. The fourth-order valence-corrected chi connectivity index (χ4v) is 3.49. The molecule has 1 aliphatic rings. The molecule has 0 spiro atoms. The quantitative estimate of drug-likeness (QED) is 0.751. The Labute approximate surface area is 124 Å². The third-order valence-corrected chi connectivity index (χ3v) is 4.40. The second-order valence-electron chi connectivity index (χ2n) is 7.48. The Balaban J connectivity index is 2.49. The maximum atomic E-state index is 9.58. The molecule has 1 atom stereocenters. The largest absolute Gasteiger partial charge is 0.394 e. The van der Waals surface area contributed by atoms with Gasteiger partial charge in [0.2, 0.25) is 0 Å². The first kappa shape index (κ1) is 17.9. The van der Waals surface area contributed by atoms with E-state index in [1.165, 1.54) is 0 Å². The van der Waals surface area contributed by atoms with Crippen molar-refractivity contribution in [1.29, 1.82) is 0 Å². The summed E-state index contributed by atoms with van der Waals surface area (Å²) in [6, 6.07) is 0. The molecule has 1 aliphatic heterocycles. The number of rotatable bonds is 7. The van der Waals surface area contributed by atoms with Crippen LogP contribution >= 0.6 is 0 Å². The third-order valence-electron chi connectivity index (χ3n) is 4.40. The topological polar surface area (TPSA) is 44.7 Å². The minimum Gasteiger partial charge on any atom is -0.394 e. The Bertz CT molecular complexity index is 275. The van der Waals surface area contributed by atoms with Crippen molar-refractivity contribution in [3.8, 4) is 0 Å². The molecule has 4 nitrogen and oxygen atoms in total. The van der Waals surface area contributed by atoms with Crippen LogP contribution in [0.15, 0.2) is 0 Å². The van der Waals surface area contributed by atoms with Gasteiger partial charge < -0.3 is 15.2 Å². The van der Waals surface area contributed by atoms with Gasteiger partial charge in [-0.05, 0) is 60.5 Å². The van der Waals surface area contributed by atoms with Crippen molar-refractivity contribution in [2.75, 3.05) is 33.3 Å². The Morgan fingerprint density at radius 1 is 1.20 bits per heavy atom. The van der Waals surface area contributed by atoms with Gasteiger partial charge in [-0.3, -0.25) is 4.90 Å². The zero-order chi connectivity index (χ0) is 15.4. The van der Waals surface area contributed by atoms with E-state index >= 15 is 0 Å². The van der Waals surface area contributed by atoms with Crippen molar-refractivity contribution in [1.82, 2.24) is 10.2 Å². The lowest BCUT2D eigenvalue weighted by atomic mass is 9.91. The molecule has 120 valence electrons. The molecule has 1 fully saturated rings. The molecule has 1 saturated heterocycles. The van der Waals surface area contributed by atoms with E-state index < -0.39 is 0 Å². The normalized spacial score (nSPS) is 25.4. The van der Waals surface area contributed by atoms with E-state index in [1.807, 2.05) is 7.05 Å². The van der Waals surface area contributed by atoms with Crippen LogP contribution in [0.3, 0.4) is 0 Å². The van der Waals surface area contributed by atoms with Crippen molar-refractivity contribution >= 4 is 0 Å². The van der Waals surface area contributed by atoms with Crippen LogP contribution < -0.4 is 5.32 Å². The molecule has 4 heteroatoms. The molecule has 0 amide bonds. The molecular formula is C16H34N2O2. The Morgan fingerprint density at radius 3 is 2.15 bits per heavy atom. The van der Waals surface area contributed by atoms with Crippen LogP contribution in [-0.4, -0.2) is 60.0 Å². The maximum absolute atomic E-state index is 9.58. The number of likely N-dealkylation sites (N-methyl/N-ethyl adjacent to an activating group) is 1. The van der Waals surface area contributed by atoms with E-state index in [2.05, 4.69) is 44.8 Å². The highest BCUT2D eigenvalue weighted by Crippen LogP contribution is 2.28. The van der Waals surface area contributed by atoms with E-state index in [9.17, 15) is 5.11 Å². The van der Waals surface area contributed by atoms with Crippen molar-refractivity contribution in [3.05, 3.63) is 0 Å². The van der Waals surface area contributed by atoms with Crippen molar-refractivity contribution in [2.45, 2.75) is 70.6 Å². The van der Waals surface area contributed by atoms with Gasteiger partial charge >= 0.3 is 0 Å². The van der Waals surface area contributed by atoms with Gasteiger partial charge in [-0.15, -0.1) is 0 Å². The average molecular weight is 286 g/mol. The number of hydrogen-bond acceptors (Lipinski definition) is 4. The molecule has 0 saturated carbocycles. The summed E-state index contributed by atoms with van der Waals surface area (Å²) >= 11 is 0. The number of nitrogens with zero attached hydrogens (tertiary/aromatic N) is 1. The van der Waals surface area contributed by atoms with Crippen LogP contribution in [0, 0.1) is 0 Å². The predicted molar refractivity (Wildman–Crippen MR) is 84.1 cm³/mol. The second-order valence-corrected chi connectivity index (χ2v) is 7.48. The molecule has 0 aliphatic carbocycles. The highest BCUT2D eigenvalue weighted by atomic mass is 16.5. The third kappa shape index (κ3) is 4.99. The molecule has 2 N–H and O–H groups in total. The number of morpholine rings is 1. The van der Waals surface area contributed by atoms with Crippen molar-refractivity contribution in [2.24, 2.45) is 0 Å². The van der Waals surface area contributed by atoms with Gasteiger partial charge in [0.1, 0.15) is 0 Å². The van der Waals surface area contributed by atoms with Crippen molar-refractivity contribution < 1.29 is 9.84 Å². The molecule has 1 unspecified atom stereocenters. The summed E-state index contributed by atoms with van der Waals surface area (Å²) in [7, 11) is 1.95. The van der Waals surface area contributed by atoms with Gasteiger partial charge in [-0.25, -0.2) is 0 Å². The van der Waals surface area contributed by atoms with Gasteiger partial charge in [-0.1, -0.05) is 6.92 Å². The lowest BCUT2D eigenvalue weighted by Gasteiger charge is -2.47. The van der Waals surface area contributed by atoms with E-state index in [4.69, 9.17) is 4.74 Å². The van der Waals surface area contributed by atoms with Gasteiger partial charge in [0.15, 0.2) is 0 Å². The summed E-state index contributed by atoms with van der Waals surface area (Å²) < 4.78 is 6.11. The fourth-order valence-electron chi connectivity index (χ4n) is 3.49. The Morgan fingerprint density at radius 2 is 1.75 bits per heavy atom. The molecule has 0 aromatic rings. The standard InChI is InChI=1S/C16H34N2O2/c1-7-16(13-19,17-6)9-8-10-18-11-14(2,3)20-15(4,5)12-18/h17,19H,7-13H2,1-6H3. The minimum atomic E-state index is -0.114. The average Bonchev–Trinajstić information content (AvgIpc) is 2.31. The maximum Gasteiger partial charge on any atom is 0.0760 e. The first-order chi connectivity index (χ1) is 9.17. The van der Waals surface area contributed by atoms with Crippen LogP contribution in [0.4, 0.5) is 0 Å². The Kier molecular flexibility index (Phi) is 6.02. The summed E-state index contributed by atoms with van der Waals surface area (Å²) in [5, 5.41) is 12.9. The van der Waals surface area contributed by atoms with E-state index in [-0.39, 0.29) is 23.3 Å². The predicted octanol–water partition coefficient (Wildman–Crippen LogP) is 2.02. The first-order valence-corrected chi connectivity index (χ1v) is 7.90. The van der Waals surface area contributed by atoms with Gasteiger partial charge in [0.05, 0.1) is 17.8 Å². The van der Waals surface area contributed by atoms with Gasteiger partial charge in [0, 0.05) is 18.6 Å². The van der Waals surface area contributed by atoms with Crippen molar-refractivity contribution in [3.63, 3.8) is 0 Å². The molecular weight excluding hydrogens is 252 g/mol. The number of hydrogen-bond donors (Lipinski definition) is 2. The number of nitrogens with one attached hydrogen (secondary N) is 1. The molecule has 1 rings (SSSR count). The van der Waals surface area contributed by atoms with Crippen LogP contribution in [-0.2, 0) is 4.74 Å². The van der Waals surface area contributed by atoms with Gasteiger partial charge in [0.25, 0.3) is 0 Å². The van der Waals surface area contributed by atoms with Crippen LogP contribution in [0.2, 0.25) is 0 Å². The van der Waals surface area contributed by atoms with E-state index in [0.29, 0.717) is 0 Å². The molecule has 20 heavy (non-hydrogen) atoms. The highest BCUT2D eigenvalue weighted by Gasteiger charge is 2.38. The minimum absolute atomic E-state index is 0.0798. The van der Waals surface area contributed by atoms with Gasteiger partial charge in [-0.2, -0.15) is 0 Å². The molecule has 0 aromatic carbocycles. The zero-order valence-corrected chi connectivity index (χ0v) is 14.3. The second kappa shape index (κ2) is 6.73. The Hall–Kier alpha value is -0.160. The summed E-state index contributed by atoms with van der Waals surface area (Å²) in [5.74, 6) is 0. The monoisotopic (exact) mass is 286 g/mol. The summed E-state index contributed by atoms with van der Waals surface area (Å²) in [4.78, 5) is 2.50. The smallest absolute Gasteiger partial charge is 0.0760 e. The van der Waals surface area contributed by atoms with Crippen LogP contribution in [0.1, 0.15) is 53.9 Å². The lowest BCUT2D eigenvalue weighted by Crippen LogP contribution is -2.57. The highest BCUT2D eigenvalue weighted by molar-refractivity contribution is 4.90. The number of ether oxygens (including phenoxy) is 1. The number of aliphatic hydroxyl groups excluding tert-OH is 1. The fraction of sp³-hybridized carbons (Fsp3) is 1.00. The van der Waals surface area contributed by atoms with E-state index in [0.717, 1.165) is 38.9 Å². The zero-order valence-electron chi connectivity index (χ0n) is 14.3.